The summed E-state index contributed by atoms with van der Waals surface area (Å²) in [7, 11) is 3.27. The molecule has 0 bridgehead atoms. The summed E-state index contributed by atoms with van der Waals surface area (Å²) in [6, 6.07) is 0. The number of carbonyl (C=O) groups excluding carboxylic acids is 1. The molecule has 1 N–H and O–H groups in total. The zero-order valence-corrected chi connectivity index (χ0v) is 12.1. The normalized spacial score (nSPS) is 12.4. The van der Waals surface area contributed by atoms with Gasteiger partial charge >= 0.3 is 0 Å². The van der Waals surface area contributed by atoms with Crippen LogP contribution in [0.3, 0.4) is 0 Å². The number of methoxy groups -OCH3 is 1. The van der Waals surface area contributed by atoms with Gasteiger partial charge in [-0.3, -0.25) is 14.8 Å². The number of hydrogen-bond donors (Lipinski definition) is 1. The van der Waals surface area contributed by atoms with E-state index in [-0.39, 0.29) is 16.8 Å². The summed E-state index contributed by atoms with van der Waals surface area (Å²) >= 11 is 7.13. The van der Waals surface area contributed by atoms with Crippen LogP contribution >= 0.6 is 22.9 Å². The number of nitrogens with zero attached hydrogens (tertiary/aromatic N) is 4. The van der Waals surface area contributed by atoms with E-state index in [9.17, 15) is 4.79 Å². The second kappa shape index (κ2) is 5.64. The molecule has 1 atom stereocenters. The maximum absolute atomic E-state index is 11.9. The molecular weight excluding hydrogens is 290 g/mol. The Morgan fingerprint density at radius 2 is 2.32 bits per heavy atom. The highest BCUT2D eigenvalue weighted by atomic mass is 35.5. The van der Waals surface area contributed by atoms with E-state index in [1.165, 1.54) is 16.0 Å². The summed E-state index contributed by atoms with van der Waals surface area (Å²) in [4.78, 5) is 11.9. The zero-order chi connectivity index (χ0) is 14.0. The van der Waals surface area contributed by atoms with Gasteiger partial charge in [0, 0.05) is 20.4 Å². The Hall–Kier alpha value is -1.51. The molecule has 9 heteroatoms. The highest BCUT2D eigenvalue weighted by molar-refractivity contribution is 7.15. The Bertz CT molecular complexity index is 597. The number of amides is 1. The number of anilines is 1. The van der Waals surface area contributed by atoms with Crippen LogP contribution in [0.5, 0.6) is 0 Å². The standard InChI is InChI=1S/C10H12ClN5O2S/c1-5(18-3)9-13-14-10(19-9)12-8(17)7-6(11)4-16(2)15-7/h4-5H,1-3H3,(H,12,14,17). The number of ether oxygens (including phenoxy) is 1. The Morgan fingerprint density at radius 1 is 1.58 bits per heavy atom. The molecule has 102 valence electrons. The molecule has 0 aliphatic rings. The van der Waals surface area contributed by atoms with Crippen molar-refractivity contribution in [2.75, 3.05) is 12.4 Å². The van der Waals surface area contributed by atoms with Crippen molar-refractivity contribution in [1.82, 2.24) is 20.0 Å². The average Bonchev–Trinajstić information content (AvgIpc) is 2.95. The topological polar surface area (TPSA) is 81.9 Å². The molecule has 2 heterocycles. The monoisotopic (exact) mass is 301 g/mol. The predicted octanol–water partition coefficient (Wildman–Crippen LogP) is 1.88. The summed E-state index contributed by atoms with van der Waals surface area (Å²) in [5.41, 5.74) is 0.153. The minimum Gasteiger partial charge on any atom is -0.374 e. The van der Waals surface area contributed by atoms with Gasteiger partial charge in [0.2, 0.25) is 5.13 Å². The molecule has 2 aromatic rings. The SMILES string of the molecule is COC(C)c1nnc(NC(=O)c2nn(C)cc2Cl)s1. The van der Waals surface area contributed by atoms with Crippen LogP contribution in [-0.2, 0) is 11.8 Å². The first kappa shape index (κ1) is 13.9. The molecule has 0 radical (unpaired) electrons. The summed E-state index contributed by atoms with van der Waals surface area (Å²) in [6.45, 7) is 1.85. The molecule has 19 heavy (non-hydrogen) atoms. The molecule has 7 nitrogen and oxygen atoms in total. The Labute approximate surface area is 118 Å². The summed E-state index contributed by atoms with van der Waals surface area (Å²) in [6.07, 6.45) is 1.39. The van der Waals surface area contributed by atoms with Gasteiger partial charge in [0.15, 0.2) is 5.69 Å². The average molecular weight is 302 g/mol. The second-order valence-corrected chi connectivity index (χ2v) is 5.19. The van der Waals surface area contributed by atoms with Gasteiger partial charge in [0.05, 0.1) is 5.02 Å². The molecule has 2 aromatic heterocycles. The van der Waals surface area contributed by atoms with Crippen molar-refractivity contribution in [1.29, 1.82) is 0 Å². The minimum absolute atomic E-state index is 0.153. The third kappa shape index (κ3) is 3.09. The lowest BCUT2D eigenvalue weighted by molar-refractivity contribution is 0.102. The fraction of sp³-hybridized carbons (Fsp3) is 0.400. The van der Waals surface area contributed by atoms with Gasteiger partial charge in [-0.25, -0.2) is 0 Å². The van der Waals surface area contributed by atoms with Gasteiger partial charge < -0.3 is 4.74 Å². The lowest BCUT2D eigenvalue weighted by Gasteiger charge is -2.02. The van der Waals surface area contributed by atoms with Gasteiger partial charge in [-0.05, 0) is 6.92 Å². The van der Waals surface area contributed by atoms with Crippen molar-refractivity contribution >= 4 is 34.0 Å². The third-order valence-corrected chi connectivity index (χ3v) is 3.64. The van der Waals surface area contributed by atoms with E-state index in [0.29, 0.717) is 10.1 Å². The maximum Gasteiger partial charge on any atom is 0.279 e. The van der Waals surface area contributed by atoms with Crippen molar-refractivity contribution in [2.45, 2.75) is 13.0 Å². The first-order chi connectivity index (χ1) is 9.01. The molecule has 0 aromatic carbocycles. The van der Waals surface area contributed by atoms with Gasteiger partial charge in [0.1, 0.15) is 11.1 Å². The van der Waals surface area contributed by atoms with Crippen molar-refractivity contribution in [3.63, 3.8) is 0 Å². The molecule has 2 rings (SSSR count). The molecule has 0 aliphatic heterocycles. The fourth-order valence-corrected chi connectivity index (χ4v) is 2.35. The number of aryl methyl sites for hydroxylation is 1. The van der Waals surface area contributed by atoms with E-state index < -0.39 is 5.91 Å². The van der Waals surface area contributed by atoms with Crippen molar-refractivity contribution in [3.05, 3.63) is 21.9 Å². The van der Waals surface area contributed by atoms with E-state index in [4.69, 9.17) is 16.3 Å². The number of aromatic nitrogens is 4. The lowest BCUT2D eigenvalue weighted by Crippen LogP contribution is -2.13. The van der Waals surface area contributed by atoms with Crippen molar-refractivity contribution in [3.8, 4) is 0 Å². The van der Waals surface area contributed by atoms with E-state index in [1.807, 2.05) is 6.92 Å². The van der Waals surface area contributed by atoms with Crippen LogP contribution in [0.1, 0.15) is 28.5 Å². The fourth-order valence-electron chi connectivity index (χ4n) is 1.32. The quantitative estimate of drug-likeness (QED) is 0.932. The van der Waals surface area contributed by atoms with Crippen LogP contribution < -0.4 is 5.32 Å². The Balaban J connectivity index is 2.11. The second-order valence-electron chi connectivity index (χ2n) is 3.78. The van der Waals surface area contributed by atoms with Crippen molar-refractivity contribution < 1.29 is 9.53 Å². The molecule has 0 saturated carbocycles. The van der Waals surface area contributed by atoms with Gasteiger partial charge in [-0.15, -0.1) is 10.2 Å². The largest absolute Gasteiger partial charge is 0.374 e. The third-order valence-electron chi connectivity index (χ3n) is 2.36. The van der Waals surface area contributed by atoms with E-state index >= 15 is 0 Å². The van der Waals surface area contributed by atoms with Crippen molar-refractivity contribution in [2.24, 2.45) is 7.05 Å². The summed E-state index contributed by atoms with van der Waals surface area (Å²) < 4.78 is 6.59. The van der Waals surface area contributed by atoms with Crippen LogP contribution in [0.15, 0.2) is 6.20 Å². The minimum atomic E-state index is -0.418. The van der Waals surface area contributed by atoms with Crippen LogP contribution in [0.4, 0.5) is 5.13 Å². The first-order valence-corrected chi connectivity index (χ1v) is 6.57. The number of halogens is 1. The van der Waals surface area contributed by atoms with Gasteiger partial charge in [0.25, 0.3) is 5.91 Å². The van der Waals surface area contributed by atoms with Gasteiger partial charge in [-0.1, -0.05) is 22.9 Å². The molecule has 1 unspecified atom stereocenters. The van der Waals surface area contributed by atoms with E-state index in [0.717, 1.165) is 0 Å². The maximum atomic E-state index is 11.9. The number of hydrogen-bond acceptors (Lipinski definition) is 6. The predicted molar refractivity (Wildman–Crippen MR) is 71.5 cm³/mol. The number of rotatable bonds is 4. The Morgan fingerprint density at radius 3 is 2.89 bits per heavy atom. The highest BCUT2D eigenvalue weighted by Crippen LogP contribution is 2.24. The number of nitrogens with one attached hydrogen (secondary N) is 1. The lowest BCUT2D eigenvalue weighted by atomic mass is 10.4. The highest BCUT2D eigenvalue weighted by Gasteiger charge is 2.18. The van der Waals surface area contributed by atoms with Crippen LogP contribution in [0, 0.1) is 0 Å². The molecule has 0 aliphatic carbocycles. The molecule has 0 saturated heterocycles. The molecular formula is C10H12ClN5O2S. The van der Waals surface area contributed by atoms with Crippen LogP contribution in [-0.4, -0.2) is 33.0 Å². The molecule has 1 amide bonds. The molecule has 0 fully saturated rings. The summed E-state index contributed by atoms with van der Waals surface area (Å²) in [5.74, 6) is -0.418. The van der Waals surface area contributed by atoms with Crippen LogP contribution in [0.2, 0.25) is 5.02 Å². The zero-order valence-electron chi connectivity index (χ0n) is 10.5. The van der Waals surface area contributed by atoms with Crippen LogP contribution in [0.25, 0.3) is 0 Å². The van der Waals surface area contributed by atoms with Gasteiger partial charge in [-0.2, -0.15) is 5.10 Å². The summed E-state index contributed by atoms with van der Waals surface area (Å²) in [5, 5.41) is 15.7. The Kier molecular flexibility index (Phi) is 4.13. The first-order valence-electron chi connectivity index (χ1n) is 5.38. The number of carbonyl (C=O) groups is 1. The molecule has 0 spiro atoms. The van der Waals surface area contributed by atoms with E-state index in [1.54, 1.807) is 20.4 Å². The smallest absolute Gasteiger partial charge is 0.279 e. The van der Waals surface area contributed by atoms with E-state index in [2.05, 4.69) is 20.6 Å².